The van der Waals surface area contributed by atoms with E-state index < -0.39 is 0 Å². The van der Waals surface area contributed by atoms with Gasteiger partial charge >= 0.3 is 5.97 Å². The second kappa shape index (κ2) is 8.33. The predicted octanol–water partition coefficient (Wildman–Crippen LogP) is 2.37. The highest BCUT2D eigenvalue weighted by molar-refractivity contribution is 5.83. The SMILES string of the molecule is O=C(COC(=O)C1CCN(C(=O)C2CC2)CC1)NC1CCCc2ccccc21. The quantitative estimate of drug-likeness (QED) is 0.791. The lowest BCUT2D eigenvalue weighted by Gasteiger charge is -2.31. The van der Waals surface area contributed by atoms with Gasteiger partial charge in [-0.2, -0.15) is 0 Å². The average molecular weight is 384 g/mol. The molecule has 0 aromatic heterocycles. The lowest BCUT2D eigenvalue weighted by molar-refractivity contribution is -0.155. The smallest absolute Gasteiger partial charge is 0.309 e. The van der Waals surface area contributed by atoms with Crippen LogP contribution in [0, 0.1) is 11.8 Å². The van der Waals surface area contributed by atoms with Gasteiger partial charge in [0.25, 0.3) is 5.91 Å². The van der Waals surface area contributed by atoms with Crippen LogP contribution in [0.15, 0.2) is 24.3 Å². The highest BCUT2D eigenvalue weighted by atomic mass is 16.5. The van der Waals surface area contributed by atoms with E-state index in [0.717, 1.165) is 32.1 Å². The largest absolute Gasteiger partial charge is 0.455 e. The molecule has 3 aliphatic rings. The lowest BCUT2D eigenvalue weighted by atomic mass is 9.88. The molecule has 150 valence electrons. The van der Waals surface area contributed by atoms with Crippen molar-refractivity contribution in [1.82, 2.24) is 10.2 Å². The molecule has 2 amide bonds. The summed E-state index contributed by atoms with van der Waals surface area (Å²) in [4.78, 5) is 38.6. The minimum Gasteiger partial charge on any atom is -0.455 e. The summed E-state index contributed by atoms with van der Waals surface area (Å²) in [5.74, 6) is -0.336. The van der Waals surface area contributed by atoms with Crippen LogP contribution >= 0.6 is 0 Å². The number of amides is 2. The maximum Gasteiger partial charge on any atom is 0.309 e. The van der Waals surface area contributed by atoms with Crippen molar-refractivity contribution in [3.8, 4) is 0 Å². The zero-order chi connectivity index (χ0) is 19.5. The Morgan fingerprint density at radius 2 is 1.75 bits per heavy atom. The number of carbonyl (C=O) groups is 3. The molecule has 0 bridgehead atoms. The van der Waals surface area contributed by atoms with E-state index in [-0.39, 0.29) is 42.3 Å². The van der Waals surface area contributed by atoms with E-state index in [4.69, 9.17) is 4.74 Å². The number of hydrogen-bond acceptors (Lipinski definition) is 4. The van der Waals surface area contributed by atoms with Crippen LogP contribution in [0.1, 0.15) is 55.7 Å². The summed E-state index contributed by atoms with van der Waals surface area (Å²) >= 11 is 0. The van der Waals surface area contributed by atoms with Crippen molar-refractivity contribution in [2.24, 2.45) is 11.8 Å². The number of likely N-dealkylation sites (tertiary alicyclic amines) is 1. The number of piperidine rings is 1. The Kier molecular flexibility index (Phi) is 5.64. The second-order valence-electron chi connectivity index (χ2n) is 8.19. The summed E-state index contributed by atoms with van der Waals surface area (Å²) in [6, 6.07) is 8.17. The Morgan fingerprint density at radius 1 is 1.00 bits per heavy atom. The molecule has 1 aliphatic heterocycles. The minimum absolute atomic E-state index is 0.00664. The summed E-state index contributed by atoms with van der Waals surface area (Å²) in [7, 11) is 0. The molecule has 6 heteroatoms. The zero-order valence-electron chi connectivity index (χ0n) is 16.2. The fraction of sp³-hybridized carbons (Fsp3) is 0.591. The average Bonchev–Trinajstić information content (AvgIpc) is 3.57. The molecule has 0 radical (unpaired) electrons. The number of ether oxygens (including phenoxy) is 1. The van der Waals surface area contributed by atoms with E-state index in [1.807, 2.05) is 17.0 Å². The van der Waals surface area contributed by atoms with Crippen LogP contribution in [0.3, 0.4) is 0 Å². The van der Waals surface area contributed by atoms with Crippen LogP contribution < -0.4 is 5.32 Å². The molecule has 2 fully saturated rings. The number of hydrogen-bond donors (Lipinski definition) is 1. The van der Waals surface area contributed by atoms with Crippen molar-refractivity contribution < 1.29 is 19.1 Å². The van der Waals surface area contributed by atoms with Crippen LogP contribution in [0.2, 0.25) is 0 Å². The van der Waals surface area contributed by atoms with Crippen molar-refractivity contribution in [3.05, 3.63) is 35.4 Å². The molecule has 2 aliphatic carbocycles. The first-order chi connectivity index (χ1) is 13.6. The first kappa shape index (κ1) is 19.0. The monoisotopic (exact) mass is 384 g/mol. The summed E-state index contributed by atoms with van der Waals surface area (Å²) in [5.41, 5.74) is 2.45. The van der Waals surface area contributed by atoms with E-state index in [9.17, 15) is 14.4 Å². The first-order valence-electron chi connectivity index (χ1n) is 10.4. The Hall–Kier alpha value is -2.37. The number of carbonyl (C=O) groups excluding carboxylic acids is 3. The van der Waals surface area contributed by atoms with Crippen LogP contribution in [0.5, 0.6) is 0 Å². The van der Waals surface area contributed by atoms with E-state index in [0.29, 0.717) is 25.9 Å². The van der Waals surface area contributed by atoms with E-state index in [1.165, 1.54) is 11.1 Å². The number of aryl methyl sites for hydroxylation is 1. The molecule has 1 saturated carbocycles. The summed E-state index contributed by atoms with van der Waals surface area (Å²) in [5, 5.41) is 3.01. The van der Waals surface area contributed by atoms with Crippen LogP contribution in [0.4, 0.5) is 0 Å². The lowest BCUT2D eigenvalue weighted by Crippen LogP contribution is -2.42. The standard InChI is InChI=1S/C22H28N2O4/c25-20(23-19-7-3-5-15-4-1-2-6-18(15)19)14-28-22(27)17-10-12-24(13-11-17)21(26)16-8-9-16/h1-2,4,6,16-17,19H,3,5,7-14H2,(H,23,25). The van der Waals surface area contributed by atoms with Crippen molar-refractivity contribution in [2.75, 3.05) is 19.7 Å². The minimum atomic E-state index is -0.322. The Bertz CT molecular complexity index is 751. The summed E-state index contributed by atoms with van der Waals surface area (Å²) in [6.45, 7) is 0.985. The molecule has 1 aromatic carbocycles. The molecule has 1 heterocycles. The normalized spacial score (nSPS) is 22.3. The highest BCUT2D eigenvalue weighted by Gasteiger charge is 2.36. The Morgan fingerprint density at radius 3 is 2.50 bits per heavy atom. The molecule has 1 saturated heterocycles. The van der Waals surface area contributed by atoms with Gasteiger partial charge in [0.15, 0.2) is 6.61 Å². The van der Waals surface area contributed by atoms with Crippen molar-refractivity contribution in [1.29, 1.82) is 0 Å². The maximum absolute atomic E-state index is 12.3. The molecule has 6 nitrogen and oxygen atoms in total. The van der Waals surface area contributed by atoms with Gasteiger partial charge in [-0.3, -0.25) is 14.4 Å². The zero-order valence-corrected chi connectivity index (χ0v) is 16.2. The van der Waals surface area contributed by atoms with E-state index in [1.54, 1.807) is 0 Å². The number of nitrogens with zero attached hydrogens (tertiary/aromatic N) is 1. The predicted molar refractivity (Wildman–Crippen MR) is 103 cm³/mol. The third-order valence-electron chi connectivity index (χ3n) is 6.12. The van der Waals surface area contributed by atoms with Crippen molar-refractivity contribution in [3.63, 3.8) is 0 Å². The summed E-state index contributed by atoms with van der Waals surface area (Å²) in [6.07, 6.45) is 6.23. The number of fused-ring (bicyclic) bond motifs is 1. The number of benzene rings is 1. The number of nitrogens with one attached hydrogen (secondary N) is 1. The molecule has 1 N–H and O–H groups in total. The maximum atomic E-state index is 12.3. The highest BCUT2D eigenvalue weighted by Crippen LogP contribution is 2.32. The van der Waals surface area contributed by atoms with Gasteiger partial charge in [-0.05, 0) is 56.1 Å². The van der Waals surface area contributed by atoms with Gasteiger partial charge in [0.05, 0.1) is 12.0 Å². The Balaban J connectivity index is 1.21. The summed E-state index contributed by atoms with van der Waals surface area (Å²) < 4.78 is 5.27. The molecular weight excluding hydrogens is 356 g/mol. The van der Waals surface area contributed by atoms with E-state index >= 15 is 0 Å². The van der Waals surface area contributed by atoms with Gasteiger partial charge in [-0.1, -0.05) is 24.3 Å². The van der Waals surface area contributed by atoms with Crippen LogP contribution in [-0.4, -0.2) is 42.4 Å². The van der Waals surface area contributed by atoms with E-state index in [2.05, 4.69) is 17.4 Å². The number of esters is 1. The van der Waals surface area contributed by atoms with Crippen LogP contribution in [0.25, 0.3) is 0 Å². The molecule has 1 aromatic rings. The van der Waals surface area contributed by atoms with Gasteiger partial charge in [-0.25, -0.2) is 0 Å². The van der Waals surface area contributed by atoms with Crippen molar-refractivity contribution in [2.45, 2.75) is 51.0 Å². The van der Waals surface area contributed by atoms with Gasteiger partial charge in [-0.15, -0.1) is 0 Å². The molecule has 4 rings (SSSR count). The fourth-order valence-corrected chi connectivity index (χ4v) is 4.32. The Labute approximate surface area is 165 Å². The van der Waals surface area contributed by atoms with Gasteiger partial charge < -0.3 is 15.0 Å². The van der Waals surface area contributed by atoms with Gasteiger partial charge in [0.1, 0.15) is 0 Å². The first-order valence-corrected chi connectivity index (χ1v) is 10.4. The topological polar surface area (TPSA) is 75.7 Å². The van der Waals surface area contributed by atoms with Gasteiger partial charge in [0, 0.05) is 19.0 Å². The molecular formula is C22H28N2O4. The molecule has 1 unspecified atom stereocenters. The van der Waals surface area contributed by atoms with Crippen LogP contribution in [-0.2, 0) is 25.5 Å². The second-order valence-corrected chi connectivity index (χ2v) is 8.19. The third kappa shape index (κ3) is 4.37. The molecule has 0 spiro atoms. The fourth-order valence-electron chi connectivity index (χ4n) is 4.32. The van der Waals surface area contributed by atoms with Gasteiger partial charge in [0.2, 0.25) is 5.91 Å². The molecule has 1 atom stereocenters. The number of rotatable bonds is 5. The van der Waals surface area contributed by atoms with Crippen molar-refractivity contribution >= 4 is 17.8 Å². The third-order valence-corrected chi connectivity index (χ3v) is 6.12. The molecule has 28 heavy (non-hydrogen) atoms.